The Hall–Kier alpha value is -0.790. The highest BCUT2D eigenvalue weighted by Crippen LogP contribution is 2.32. The Morgan fingerprint density at radius 2 is 1.83 bits per heavy atom. The van der Waals surface area contributed by atoms with Crippen LogP contribution in [-0.2, 0) is 4.79 Å². The molecule has 0 saturated heterocycles. The summed E-state index contributed by atoms with van der Waals surface area (Å²) >= 11 is 0. The molecule has 1 rings (SSSR count). The first kappa shape index (κ1) is 9.30. The summed E-state index contributed by atoms with van der Waals surface area (Å²) in [6, 6.07) is 0. The van der Waals surface area contributed by atoms with E-state index in [1.54, 1.807) is 0 Å². The average Bonchev–Trinajstić information content (AvgIpc) is 2.04. The van der Waals surface area contributed by atoms with E-state index in [0.717, 1.165) is 31.6 Å². The van der Waals surface area contributed by atoms with E-state index in [1.807, 2.05) is 0 Å². The van der Waals surface area contributed by atoms with Crippen LogP contribution in [0, 0.1) is 11.8 Å². The number of rotatable bonds is 2. The van der Waals surface area contributed by atoms with Crippen molar-refractivity contribution in [3.8, 4) is 0 Å². The van der Waals surface area contributed by atoms with E-state index in [2.05, 4.69) is 13.5 Å². The molecule has 0 aliphatic heterocycles. The molecule has 0 aromatic carbocycles. The molecule has 0 unspecified atom stereocenters. The number of carboxylic acids is 1. The van der Waals surface area contributed by atoms with E-state index < -0.39 is 5.97 Å². The van der Waals surface area contributed by atoms with Gasteiger partial charge in [-0.05, 0) is 24.7 Å². The van der Waals surface area contributed by atoms with Crippen molar-refractivity contribution in [1.82, 2.24) is 0 Å². The van der Waals surface area contributed by atoms with Gasteiger partial charge >= 0.3 is 5.97 Å². The predicted octanol–water partition coefficient (Wildman–Crippen LogP) is 2.45. The van der Waals surface area contributed by atoms with E-state index in [9.17, 15) is 4.79 Å². The van der Waals surface area contributed by atoms with E-state index in [-0.39, 0.29) is 5.92 Å². The highest BCUT2D eigenvalue weighted by Gasteiger charge is 2.23. The second-order valence-electron chi connectivity index (χ2n) is 3.79. The molecular weight excluding hydrogens is 152 g/mol. The zero-order valence-electron chi connectivity index (χ0n) is 7.55. The zero-order chi connectivity index (χ0) is 9.14. The van der Waals surface area contributed by atoms with E-state index in [4.69, 9.17) is 5.11 Å². The predicted molar refractivity (Wildman–Crippen MR) is 47.9 cm³/mol. The van der Waals surface area contributed by atoms with Gasteiger partial charge in [0.25, 0.3) is 0 Å². The quantitative estimate of drug-likeness (QED) is 0.643. The molecule has 0 heterocycles. The molecule has 68 valence electrons. The van der Waals surface area contributed by atoms with Crippen molar-refractivity contribution in [3.05, 3.63) is 12.2 Å². The van der Waals surface area contributed by atoms with Crippen LogP contribution in [0.4, 0.5) is 0 Å². The zero-order valence-corrected chi connectivity index (χ0v) is 7.55. The highest BCUT2D eigenvalue weighted by molar-refractivity contribution is 5.86. The lowest BCUT2D eigenvalue weighted by Gasteiger charge is -2.25. The lowest BCUT2D eigenvalue weighted by atomic mass is 9.80. The average molecular weight is 168 g/mol. The van der Waals surface area contributed by atoms with E-state index in [1.165, 1.54) is 0 Å². The molecule has 1 saturated carbocycles. The first-order chi connectivity index (χ1) is 5.61. The van der Waals surface area contributed by atoms with Gasteiger partial charge in [-0.15, -0.1) is 0 Å². The van der Waals surface area contributed by atoms with E-state index in [0.29, 0.717) is 5.57 Å². The molecule has 0 aromatic heterocycles. The van der Waals surface area contributed by atoms with Crippen LogP contribution in [0.15, 0.2) is 12.2 Å². The van der Waals surface area contributed by atoms with Gasteiger partial charge in [-0.1, -0.05) is 26.3 Å². The van der Waals surface area contributed by atoms with Crippen LogP contribution < -0.4 is 0 Å². The molecule has 0 aromatic rings. The first-order valence-electron chi connectivity index (χ1n) is 4.53. The van der Waals surface area contributed by atoms with Crippen LogP contribution in [0.5, 0.6) is 0 Å². The monoisotopic (exact) mass is 168 g/mol. The van der Waals surface area contributed by atoms with Crippen molar-refractivity contribution in [2.75, 3.05) is 0 Å². The lowest BCUT2D eigenvalue weighted by Crippen LogP contribution is -2.18. The molecule has 12 heavy (non-hydrogen) atoms. The SMILES string of the molecule is C=C(C(=O)O)C1CCC(C)CC1. The molecule has 0 amide bonds. The van der Waals surface area contributed by atoms with Crippen molar-refractivity contribution >= 4 is 5.97 Å². The van der Waals surface area contributed by atoms with Crippen molar-refractivity contribution in [2.45, 2.75) is 32.6 Å². The Morgan fingerprint density at radius 3 is 2.25 bits per heavy atom. The van der Waals surface area contributed by atoms with Crippen LogP contribution in [0.1, 0.15) is 32.6 Å². The normalized spacial score (nSPS) is 29.8. The van der Waals surface area contributed by atoms with Gasteiger partial charge in [-0.2, -0.15) is 0 Å². The third-order valence-corrected chi connectivity index (χ3v) is 2.78. The Labute approximate surface area is 73.3 Å². The Morgan fingerprint density at radius 1 is 1.33 bits per heavy atom. The minimum Gasteiger partial charge on any atom is -0.478 e. The first-order valence-corrected chi connectivity index (χ1v) is 4.53. The van der Waals surface area contributed by atoms with Gasteiger partial charge in [0, 0.05) is 5.57 Å². The molecule has 2 heteroatoms. The number of hydrogen-bond donors (Lipinski definition) is 1. The summed E-state index contributed by atoms with van der Waals surface area (Å²) in [5.41, 5.74) is 0.405. The van der Waals surface area contributed by atoms with Crippen molar-refractivity contribution < 1.29 is 9.90 Å². The molecular formula is C10H16O2. The summed E-state index contributed by atoms with van der Waals surface area (Å²) in [6.45, 7) is 5.83. The highest BCUT2D eigenvalue weighted by atomic mass is 16.4. The van der Waals surface area contributed by atoms with Crippen molar-refractivity contribution in [3.63, 3.8) is 0 Å². The molecule has 0 bridgehead atoms. The fourth-order valence-electron chi connectivity index (χ4n) is 1.78. The maximum absolute atomic E-state index is 10.6. The lowest BCUT2D eigenvalue weighted by molar-refractivity contribution is -0.133. The van der Waals surface area contributed by atoms with Gasteiger partial charge in [0.1, 0.15) is 0 Å². The van der Waals surface area contributed by atoms with Crippen LogP contribution in [0.2, 0.25) is 0 Å². The second-order valence-corrected chi connectivity index (χ2v) is 3.79. The van der Waals surface area contributed by atoms with Crippen molar-refractivity contribution in [2.24, 2.45) is 11.8 Å². The number of hydrogen-bond acceptors (Lipinski definition) is 1. The van der Waals surface area contributed by atoms with Crippen LogP contribution in [-0.4, -0.2) is 11.1 Å². The molecule has 0 radical (unpaired) electrons. The summed E-state index contributed by atoms with van der Waals surface area (Å²) in [6.07, 6.45) is 4.31. The minimum atomic E-state index is -0.824. The Kier molecular flexibility index (Phi) is 2.90. The van der Waals surface area contributed by atoms with Crippen LogP contribution in [0.3, 0.4) is 0 Å². The van der Waals surface area contributed by atoms with Crippen LogP contribution in [0.25, 0.3) is 0 Å². The number of carbonyl (C=O) groups is 1. The molecule has 2 nitrogen and oxygen atoms in total. The summed E-state index contributed by atoms with van der Waals surface area (Å²) < 4.78 is 0. The smallest absolute Gasteiger partial charge is 0.331 e. The Bertz CT molecular complexity index is 188. The molecule has 1 aliphatic carbocycles. The van der Waals surface area contributed by atoms with E-state index >= 15 is 0 Å². The molecule has 0 spiro atoms. The van der Waals surface area contributed by atoms with Gasteiger partial charge in [0.15, 0.2) is 0 Å². The van der Waals surface area contributed by atoms with Gasteiger partial charge in [0.2, 0.25) is 0 Å². The van der Waals surface area contributed by atoms with Gasteiger partial charge in [-0.3, -0.25) is 0 Å². The van der Waals surface area contributed by atoms with Gasteiger partial charge < -0.3 is 5.11 Å². The second kappa shape index (κ2) is 3.74. The molecule has 1 N–H and O–H groups in total. The molecule has 1 fully saturated rings. The summed E-state index contributed by atoms with van der Waals surface area (Å²) in [5.74, 6) is 0.177. The third kappa shape index (κ3) is 2.10. The fraction of sp³-hybridized carbons (Fsp3) is 0.700. The van der Waals surface area contributed by atoms with Crippen molar-refractivity contribution in [1.29, 1.82) is 0 Å². The number of aliphatic carboxylic acids is 1. The summed E-state index contributed by atoms with van der Waals surface area (Å²) in [7, 11) is 0. The largest absolute Gasteiger partial charge is 0.478 e. The van der Waals surface area contributed by atoms with Gasteiger partial charge in [0.05, 0.1) is 0 Å². The fourth-order valence-corrected chi connectivity index (χ4v) is 1.78. The van der Waals surface area contributed by atoms with Gasteiger partial charge in [-0.25, -0.2) is 4.79 Å². The van der Waals surface area contributed by atoms with Crippen LogP contribution >= 0.6 is 0 Å². The summed E-state index contributed by atoms with van der Waals surface area (Å²) in [5, 5.41) is 8.70. The maximum Gasteiger partial charge on any atom is 0.331 e. The molecule has 1 aliphatic rings. The minimum absolute atomic E-state index is 0.235. The third-order valence-electron chi connectivity index (χ3n) is 2.78. The Balaban J connectivity index is 2.44. The standard InChI is InChI=1S/C10H16O2/c1-7-3-5-9(6-4-7)8(2)10(11)12/h7,9H,2-6H2,1H3,(H,11,12). The molecule has 0 atom stereocenters. The maximum atomic E-state index is 10.6. The summed E-state index contributed by atoms with van der Waals surface area (Å²) in [4.78, 5) is 10.6. The topological polar surface area (TPSA) is 37.3 Å². The number of carboxylic acid groups (broad SMARTS) is 1.